The zero-order valence-corrected chi connectivity index (χ0v) is 13.3. The predicted molar refractivity (Wildman–Crippen MR) is 82.2 cm³/mol. The Balaban J connectivity index is 1.81. The first-order valence-corrected chi connectivity index (χ1v) is 8.03. The van der Waals surface area contributed by atoms with E-state index in [-0.39, 0.29) is 12.1 Å². The Hall–Kier alpha value is -1.07. The second kappa shape index (κ2) is 7.09. The number of hydrogen-bond acceptors (Lipinski definition) is 3. The van der Waals surface area contributed by atoms with Gasteiger partial charge in [0.25, 0.3) is 0 Å². The first kappa shape index (κ1) is 15.3. The molecule has 20 heavy (non-hydrogen) atoms. The SMILES string of the molecule is Cc1ccc([C@H](C)NC(=O)N(C)CC2CCOCC2)s1. The lowest BCUT2D eigenvalue weighted by molar-refractivity contribution is 0.0585. The van der Waals surface area contributed by atoms with Crippen molar-refractivity contribution in [3.05, 3.63) is 21.9 Å². The Kier molecular flexibility index (Phi) is 5.43. The Morgan fingerprint density at radius 1 is 1.50 bits per heavy atom. The van der Waals surface area contributed by atoms with Crippen LogP contribution in [0.15, 0.2) is 12.1 Å². The monoisotopic (exact) mass is 296 g/mol. The van der Waals surface area contributed by atoms with E-state index in [4.69, 9.17) is 4.74 Å². The highest BCUT2D eigenvalue weighted by Crippen LogP contribution is 2.22. The van der Waals surface area contributed by atoms with Gasteiger partial charge in [-0.05, 0) is 44.7 Å². The summed E-state index contributed by atoms with van der Waals surface area (Å²) in [6.07, 6.45) is 2.11. The van der Waals surface area contributed by atoms with Crippen molar-refractivity contribution in [2.45, 2.75) is 32.7 Å². The molecule has 1 N–H and O–H groups in total. The molecule has 1 aromatic heterocycles. The molecule has 1 aliphatic rings. The van der Waals surface area contributed by atoms with E-state index in [0.717, 1.165) is 32.6 Å². The van der Waals surface area contributed by atoms with Crippen LogP contribution < -0.4 is 5.32 Å². The Morgan fingerprint density at radius 2 is 2.20 bits per heavy atom. The minimum absolute atomic E-state index is 0.00930. The van der Waals surface area contributed by atoms with Crippen LogP contribution in [0.25, 0.3) is 0 Å². The highest BCUT2D eigenvalue weighted by atomic mass is 32.1. The minimum atomic E-state index is 0.00930. The lowest BCUT2D eigenvalue weighted by atomic mass is 10.00. The number of nitrogens with zero attached hydrogens (tertiary/aromatic N) is 1. The van der Waals surface area contributed by atoms with Crippen molar-refractivity contribution in [2.75, 3.05) is 26.8 Å². The molecule has 112 valence electrons. The normalized spacial score (nSPS) is 17.8. The maximum Gasteiger partial charge on any atom is 0.317 e. The van der Waals surface area contributed by atoms with E-state index in [9.17, 15) is 4.79 Å². The lowest BCUT2D eigenvalue weighted by Gasteiger charge is -2.28. The maximum absolute atomic E-state index is 12.2. The molecule has 0 aromatic carbocycles. The van der Waals surface area contributed by atoms with Crippen molar-refractivity contribution in [1.82, 2.24) is 10.2 Å². The molecule has 2 amide bonds. The van der Waals surface area contributed by atoms with Crippen LogP contribution in [0.1, 0.15) is 35.6 Å². The summed E-state index contributed by atoms with van der Waals surface area (Å²) in [4.78, 5) is 16.5. The summed E-state index contributed by atoms with van der Waals surface area (Å²) in [7, 11) is 1.87. The first-order valence-electron chi connectivity index (χ1n) is 7.22. The third-order valence-electron chi connectivity index (χ3n) is 3.75. The summed E-state index contributed by atoms with van der Waals surface area (Å²) < 4.78 is 5.35. The van der Waals surface area contributed by atoms with Crippen molar-refractivity contribution in [1.29, 1.82) is 0 Å². The number of rotatable bonds is 4. The number of nitrogens with one attached hydrogen (secondary N) is 1. The van der Waals surface area contributed by atoms with Crippen molar-refractivity contribution in [2.24, 2.45) is 5.92 Å². The van der Waals surface area contributed by atoms with Gasteiger partial charge < -0.3 is 15.0 Å². The number of carbonyl (C=O) groups is 1. The Bertz CT molecular complexity index is 441. The molecule has 4 nitrogen and oxygen atoms in total. The quantitative estimate of drug-likeness (QED) is 0.927. The number of urea groups is 1. The number of hydrogen-bond donors (Lipinski definition) is 1. The van der Waals surface area contributed by atoms with Crippen molar-refractivity contribution < 1.29 is 9.53 Å². The van der Waals surface area contributed by atoms with Crippen LogP contribution in [0.5, 0.6) is 0 Å². The summed E-state index contributed by atoms with van der Waals surface area (Å²) in [6.45, 7) is 6.58. The van der Waals surface area contributed by atoms with Gasteiger partial charge in [-0.1, -0.05) is 0 Å². The van der Waals surface area contributed by atoms with E-state index >= 15 is 0 Å². The molecular weight excluding hydrogens is 272 g/mol. The third kappa shape index (κ3) is 4.21. The topological polar surface area (TPSA) is 41.6 Å². The molecule has 0 radical (unpaired) electrons. The van der Waals surface area contributed by atoms with Gasteiger partial charge in [0.15, 0.2) is 0 Å². The van der Waals surface area contributed by atoms with Gasteiger partial charge in [-0.25, -0.2) is 4.79 Å². The van der Waals surface area contributed by atoms with Gasteiger partial charge in [0, 0.05) is 36.6 Å². The van der Waals surface area contributed by atoms with Gasteiger partial charge in [0.05, 0.1) is 6.04 Å². The van der Waals surface area contributed by atoms with Gasteiger partial charge in [-0.2, -0.15) is 0 Å². The highest BCUT2D eigenvalue weighted by Gasteiger charge is 2.20. The summed E-state index contributed by atoms with van der Waals surface area (Å²) in [5.74, 6) is 0.568. The molecule has 5 heteroatoms. The summed E-state index contributed by atoms with van der Waals surface area (Å²) in [5, 5.41) is 3.07. The molecule has 0 unspecified atom stereocenters. The first-order chi connectivity index (χ1) is 9.56. The lowest BCUT2D eigenvalue weighted by Crippen LogP contribution is -2.41. The molecular formula is C15H24N2O2S. The van der Waals surface area contributed by atoms with Crippen LogP contribution >= 0.6 is 11.3 Å². The summed E-state index contributed by atoms with van der Waals surface area (Å²) in [5.41, 5.74) is 0. The number of ether oxygens (including phenoxy) is 1. The summed E-state index contributed by atoms with van der Waals surface area (Å²) in [6, 6.07) is 4.26. The van der Waals surface area contributed by atoms with Gasteiger partial charge in [0.2, 0.25) is 0 Å². The molecule has 0 bridgehead atoms. The van der Waals surface area contributed by atoms with Crippen molar-refractivity contribution in [3.63, 3.8) is 0 Å². The summed E-state index contributed by atoms with van der Waals surface area (Å²) >= 11 is 1.74. The fourth-order valence-corrected chi connectivity index (χ4v) is 3.33. The van der Waals surface area contributed by atoms with Gasteiger partial charge in [-0.15, -0.1) is 11.3 Å². The molecule has 1 fully saturated rings. The smallest absolute Gasteiger partial charge is 0.317 e. The highest BCUT2D eigenvalue weighted by molar-refractivity contribution is 7.12. The van der Waals surface area contributed by atoms with E-state index in [1.807, 2.05) is 14.0 Å². The average Bonchev–Trinajstić information content (AvgIpc) is 2.86. The van der Waals surface area contributed by atoms with Crippen molar-refractivity contribution >= 4 is 17.4 Å². The number of amides is 2. The average molecular weight is 296 g/mol. The van der Waals surface area contributed by atoms with E-state index in [1.54, 1.807) is 16.2 Å². The molecule has 0 spiro atoms. The van der Waals surface area contributed by atoms with Crippen LogP contribution in [-0.4, -0.2) is 37.7 Å². The zero-order valence-electron chi connectivity index (χ0n) is 12.5. The third-order valence-corrected chi connectivity index (χ3v) is 4.93. The van der Waals surface area contributed by atoms with E-state index in [1.165, 1.54) is 9.75 Å². The molecule has 1 aliphatic heterocycles. The molecule has 2 rings (SSSR count). The molecule has 1 saturated heterocycles. The zero-order chi connectivity index (χ0) is 14.5. The molecule has 1 atom stereocenters. The number of thiophene rings is 1. The standard InChI is InChI=1S/C15H24N2O2S/c1-11-4-5-14(20-11)12(2)16-15(18)17(3)10-13-6-8-19-9-7-13/h4-5,12-13H,6-10H2,1-3H3,(H,16,18)/t12-/m0/s1. The Morgan fingerprint density at radius 3 is 2.80 bits per heavy atom. The van der Waals surface area contributed by atoms with Gasteiger partial charge >= 0.3 is 6.03 Å². The molecule has 0 saturated carbocycles. The molecule has 2 heterocycles. The predicted octanol–water partition coefficient (Wildman–Crippen LogP) is 3.19. The van der Waals surface area contributed by atoms with Crippen LogP contribution in [0.2, 0.25) is 0 Å². The maximum atomic E-state index is 12.2. The van der Waals surface area contributed by atoms with Gasteiger partial charge in [-0.3, -0.25) is 0 Å². The molecule has 1 aromatic rings. The number of carbonyl (C=O) groups excluding carboxylic acids is 1. The second-order valence-electron chi connectivity index (χ2n) is 5.56. The number of aryl methyl sites for hydroxylation is 1. The van der Waals surface area contributed by atoms with E-state index in [2.05, 4.69) is 24.4 Å². The second-order valence-corrected chi connectivity index (χ2v) is 6.88. The van der Waals surface area contributed by atoms with Crippen LogP contribution in [-0.2, 0) is 4.74 Å². The fourth-order valence-electron chi connectivity index (χ4n) is 2.45. The molecule has 0 aliphatic carbocycles. The Labute approximate surface area is 125 Å². The van der Waals surface area contributed by atoms with E-state index < -0.39 is 0 Å². The van der Waals surface area contributed by atoms with Crippen molar-refractivity contribution in [3.8, 4) is 0 Å². The minimum Gasteiger partial charge on any atom is -0.381 e. The fraction of sp³-hybridized carbons (Fsp3) is 0.667. The van der Waals surface area contributed by atoms with Crippen LogP contribution in [0.3, 0.4) is 0 Å². The van der Waals surface area contributed by atoms with Crippen LogP contribution in [0.4, 0.5) is 4.79 Å². The van der Waals surface area contributed by atoms with Gasteiger partial charge in [0.1, 0.15) is 0 Å². The largest absolute Gasteiger partial charge is 0.381 e. The van der Waals surface area contributed by atoms with E-state index in [0.29, 0.717) is 5.92 Å². The van der Waals surface area contributed by atoms with Crippen LogP contribution in [0, 0.1) is 12.8 Å².